The lowest BCUT2D eigenvalue weighted by atomic mass is 10.0. The topological polar surface area (TPSA) is 75.6 Å². The van der Waals surface area contributed by atoms with E-state index < -0.39 is 17.9 Å². The van der Waals surface area contributed by atoms with E-state index in [0.29, 0.717) is 5.75 Å². The molecule has 1 saturated heterocycles. The third-order valence-corrected chi connectivity index (χ3v) is 4.09. The minimum absolute atomic E-state index is 0.146. The molecule has 1 aliphatic rings. The number of carboxylic acid groups (broad SMARTS) is 1. The van der Waals surface area contributed by atoms with Gasteiger partial charge in [-0.05, 0) is 5.56 Å². The minimum Gasteiger partial charge on any atom is -0.481 e. The average molecular weight is 295 g/mol. The molecule has 1 fully saturated rings. The fourth-order valence-electron chi connectivity index (χ4n) is 2.02. The van der Waals surface area contributed by atoms with Crippen LogP contribution in [0.15, 0.2) is 30.3 Å². The Morgan fingerprint density at radius 3 is 2.75 bits per heavy atom. The molecular formula is C14H17NO4S. The number of carbonyl (C=O) groups is 2. The number of nitrogens with one attached hydrogen (secondary N) is 1. The Morgan fingerprint density at radius 2 is 2.05 bits per heavy atom. The molecule has 1 amide bonds. The van der Waals surface area contributed by atoms with Gasteiger partial charge in [0.1, 0.15) is 5.92 Å². The molecular weight excluding hydrogens is 278 g/mol. The van der Waals surface area contributed by atoms with Crippen molar-refractivity contribution in [2.45, 2.75) is 11.8 Å². The summed E-state index contributed by atoms with van der Waals surface area (Å²) in [5.74, 6) is -0.634. The molecule has 0 aliphatic carbocycles. The zero-order valence-electron chi connectivity index (χ0n) is 11.0. The second kappa shape index (κ2) is 7.31. The van der Waals surface area contributed by atoms with Gasteiger partial charge in [-0.15, -0.1) is 11.8 Å². The van der Waals surface area contributed by atoms with Crippen molar-refractivity contribution in [1.29, 1.82) is 0 Å². The van der Waals surface area contributed by atoms with Crippen LogP contribution in [0.3, 0.4) is 0 Å². The Labute approximate surface area is 121 Å². The lowest BCUT2D eigenvalue weighted by Gasteiger charge is -2.15. The van der Waals surface area contributed by atoms with E-state index in [4.69, 9.17) is 9.84 Å². The highest BCUT2D eigenvalue weighted by molar-refractivity contribution is 7.99. The van der Waals surface area contributed by atoms with Crippen LogP contribution in [0.4, 0.5) is 0 Å². The van der Waals surface area contributed by atoms with E-state index >= 15 is 0 Å². The van der Waals surface area contributed by atoms with E-state index in [1.54, 1.807) is 0 Å². The summed E-state index contributed by atoms with van der Waals surface area (Å²) in [7, 11) is 0. The standard InChI is InChI=1S/C14H17NO4S/c16-13(9-20-8-10-4-2-1-3-5-10)15-12-7-19-6-11(12)14(17)18/h1-5,11-12H,6-9H2,(H,15,16)(H,17,18). The molecule has 2 unspecified atom stereocenters. The maximum Gasteiger partial charge on any atom is 0.311 e. The number of hydrogen-bond acceptors (Lipinski definition) is 4. The Hall–Kier alpha value is -1.53. The molecule has 0 bridgehead atoms. The largest absolute Gasteiger partial charge is 0.481 e. The summed E-state index contributed by atoms with van der Waals surface area (Å²) in [4.78, 5) is 22.7. The van der Waals surface area contributed by atoms with Crippen LogP contribution in [-0.2, 0) is 20.1 Å². The molecule has 20 heavy (non-hydrogen) atoms. The van der Waals surface area contributed by atoms with E-state index in [0.717, 1.165) is 11.3 Å². The number of aliphatic carboxylic acids is 1. The quantitative estimate of drug-likeness (QED) is 0.823. The molecule has 0 spiro atoms. The van der Waals surface area contributed by atoms with Crippen molar-refractivity contribution < 1.29 is 19.4 Å². The first-order valence-electron chi connectivity index (χ1n) is 6.38. The van der Waals surface area contributed by atoms with E-state index in [1.165, 1.54) is 11.8 Å². The number of amides is 1. The first-order chi connectivity index (χ1) is 9.66. The molecule has 0 saturated carbocycles. The van der Waals surface area contributed by atoms with Crippen molar-refractivity contribution >= 4 is 23.6 Å². The molecule has 1 heterocycles. The SMILES string of the molecule is O=C(CSCc1ccccc1)NC1COCC1C(=O)O. The molecule has 5 nitrogen and oxygen atoms in total. The molecule has 2 N–H and O–H groups in total. The highest BCUT2D eigenvalue weighted by atomic mass is 32.2. The number of ether oxygens (including phenoxy) is 1. The highest BCUT2D eigenvalue weighted by Crippen LogP contribution is 2.15. The smallest absolute Gasteiger partial charge is 0.311 e. The summed E-state index contributed by atoms with van der Waals surface area (Å²) in [6.45, 7) is 0.434. The van der Waals surface area contributed by atoms with Gasteiger partial charge in [-0.3, -0.25) is 9.59 Å². The Morgan fingerprint density at radius 1 is 1.30 bits per heavy atom. The van der Waals surface area contributed by atoms with Gasteiger partial charge in [-0.25, -0.2) is 0 Å². The number of benzene rings is 1. The van der Waals surface area contributed by atoms with Crippen LogP contribution in [0.25, 0.3) is 0 Å². The Kier molecular flexibility index (Phi) is 5.43. The van der Waals surface area contributed by atoms with Crippen molar-refractivity contribution in [3.05, 3.63) is 35.9 Å². The highest BCUT2D eigenvalue weighted by Gasteiger charge is 2.34. The lowest BCUT2D eigenvalue weighted by Crippen LogP contribution is -2.43. The van der Waals surface area contributed by atoms with Crippen molar-refractivity contribution in [3.8, 4) is 0 Å². The van der Waals surface area contributed by atoms with Crippen LogP contribution in [-0.4, -0.2) is 42.0 Å². The minimum atomic E-state index is -0.926. The molecule has 1 aromatic carbocycles. The summed E-state index contributed by atoms with van der Waals surface area (Å²) < 4.78 is 5.10. The Bertz CT molecular complexity index is 466. The van der Waals surface area contributed by atoms with Gasteiger partial charge in [0, 0.05) is 5.75 Å². The second-order valence-corrected chi connectivity index (χ2v) is 5.62. The van der Waals surface area contributed by atoms with E-state index in [1.807, 2.05) is 30.3 Å². The van der Waals surface area contributed by atoms with E-state index in [-0.39, 0.29) is 19.1 Å². The van der Waals surface area contributed by atoms with Crippen LogP contribution in [0.5, 0.6) is 0 Å². The summed E-state index contributed by atoms with van der Waals surface area (Å²) in [6.07, 6.45) is 0. The molecule has 108 valence electrons. The lowest BCUT2D eigenvalue weighted by molar-refractivity contribution is -0.142. The maximum absolute atomic E-state index is 11.8. The van der Waals surface area contributed by atoms with E-state index in [2.05, 4.69) is 5.32 Å². The van der Waals surface area contributed by atoms with E-state index in [9.17, 15) is 9.59 Å². The number of thioether (sulfide) groups is 1. The maximum atomic E-state index is 11.8. The molecule has 1 aromatic rings. The zero-order chi connectivity index (χ0) is 14.4. The third kappa shape index (κ3) is 4.25. The monoisotopic (exact) mass is 295 g/mol. The summed E-state index contributed by atoms with van der Waals surface area (Å²) in [5.41, 5.74) is 1.16. The third-order valence-electron chi connectivity index (χ3n) is 3.09. The van der Waals surface area contributed by atoms with Crippen molar-refractivity contribution in [3.63, 3.8) is 0 Å². The zero-order valence-corrected chi connectivity index (χ0v) is 11.8. The predicted molar refractivity (Wildman–Crippen MR) is 76.5 cm³/mol. The second-order valence-electron chi connectivity index (χ2n) is 4.63. The van der Waals surface area contributed by atoms with Gasteiger partial charge in [-0.1, -0.05) is 30.3 Å². The van der Waals surface area contributed by atoms with Gasteiger partial charge in [0.2, 0.25) is 5.91 Å². The van der Waals surface area contributed by atoms with Crippen LogP contribution in [0.1, 0.15) is 5.56 Å². The number of carbonyl (C=O) groups excluding carboxylic acids is 1. The average Bonchev–Trinajstić information content (AvgIpc) is 2.88. The van der Waals surface area contributed by atoms with Crippen molar-refractivity contribution in [1.82, 2.24) is 5.32 Å². The van der Waals surface area contributed by atoms with Crippen molar-refractivity contribution in [2.24, 2.45) is 5.92 Å². The van der Waals surface area contributed by atoms with Crippen LogP contribution >= 0.6 is 11.8 Å². The molecule has 1 aliphatic heterocycles. The molecule has 2 rings (SSSR count). The van der Waals surface area contributed by atoms with Crippen molar-refractivity contribution in [2.75, 3.05) is 19.0 Å². The molecule has 6 heteroatoms. The van der Waals surface area contributed by atoms with Gasteiger partial charge in [0.05, 0.1) is 25.0 Å². The van der Waals surface area contributed by atoms with Gasteiger partial charge in [0.15, 0.2) is 0 Å². The predicted octanol–water partition coefficient (Wildman–Crippen LogP) is 1.14. The summed E-state index contributed by atoms with van der Waals surface area (Å²) in [5, 5.41) is 11.7. The number of carboxylic acids is 1. The van der Waals surface area contributed by atoms with Crippen LogP contribution in [0, 0.1) is 5.92 Å². The summed E-state index contributed by atoms with van der Waals surface area (Å²) in [6, 6.07) is 9.48. The van der Waals surface area contributed by atoms with Crippen LogP contribution < -0.4 is 5.32 Å². The van der Waals surface area contributed by atoms with Gasteiger partial charge >= 0.3 is 5.97 Å². The van der Waals surface area contributed by atoms with Crippen LogP contribution in [0.2, 0.25) is 0 Å². The van der Waals surface area contributed by atoms with Gasteiger partial charge in [-0.2, -0.15) is 0 Å². The van der Waals surface area contributed by atoms with Gasteiger partial charge < -0.3 is 15.2 Å². The fourth-order valence-corrected chi connectivity index (χ4v) is 2.82. The molecule has 0 aromatic heterocycles. The Balaban J connectivity index is 1.71. The number of hydrogen-bond donors (Lipinski definition) is 2. The normalized spacial score (nSPS) is 21.6. The van der Waals surface area contributed by atoms with Gasteiger partial charge in [0.25, 0.3) is 0 Å². The number of rotatable bonds is 6. The molecule has 2 atom stereocenters. The fraction of sp³-hybridized carbons (Fsp3) is 0.429. The first kappa shape index (κ1) is 14.9. The first-order valence-corrected chi connectivity index (χ1v) is 7.54. The summed E-state index contributed by atoms with van der Waals surface area (Å²) >= 11 is 1.51. The molecule has 0 radical (unpaired) electrons.